The van der Waals surface area contributed by atoms with Crippen molar-refractivity contribution in [3.8, 4) is 11.5 Å². The molecule has 2 rings (SSSR count). The number of nitrogens with one attached hydrogen (secondary N) is 1. The number of amides is 1. The fraction of sp³-hybridized carbons (Fsp3) is 0.409. The molecule has 0 fully saturated rings. The summed E-state index contributed by atoms with van der Waals surface area (Å²) in [5.41, 5.74) is 1.41. The van der Waals surface area contributed by atoms with Crippen molar-refractivity contribution in [3.63, 3.8) is 0 Å². The molecule has 0 aliphatic rings. The van der Waals surface area contributed by atoms with Gasteiger partial charge in [-0.2, -0.15) is 4.31 Å². The summed E-state index contributed by atoms with van der Waals surface area (Å²) < 4.78 is 37.3. The molecule has 8 nitrogen and oxygen atoms in total. The highest BCUT2D eigenvalue weighted by Crippen LogP contribution is 2.28. The lowest BCUT2D eigenvalue weighted by molar-refractivity contribution is -0.117. The lowest BCUT2D eigenvalue weighted by Crippen LogP contribution is -2.31. The molecule has 0 bridgehead atoms. The van der Waals surface area contributed by atoms with Crippen LogP contribution in [0.3, 0.4) is 0 Å². The molecule has 0 heterocycles. The van der Waals surface area contributed by atoms with Gasteiger partial charge in [-0.05, 0) is 42.9 Å². The quantitative estimate of drug-likeness (QED) is 0.568. The molecule has 0 radical (unpaired) electrons. The van der Waals surface area contributed by atoms with Crippen LogP contribution in [0.4, 0.5) is 5.69 Å². The summed E-state index contributed by atoms with van der Waals surface area (Å²) in [5, 5.41) is 2.78. The first-order chi connectivity index (χ1) is 14.7. The SMILES string of the molecule is CCN(CC)S(=O)(=O)c1cccc(NC(=O)CN(C)Cc2ccc(OC)c(OC)c2)c1. The Bertz CT molecular complexity index is 990. The number of carbonyl (C=O) groups excluding carboxylic acids is 1. The zero-order chi connectivity index (χ0) is 23.0. The van der Waals surface area contributed by atoms with E-state index in [1.165, 1.54) is 16.4 Å². The van der Waals surface area contributed by atoms with Gasteiger partial charge in [-0.15, -0.1) is 0 Å². The van der Waals surface area contributed by atoms with E-state index >= 15 is 0 Å². The van der Waals surface area contributed by atoms with E-state index in [1.54, 1.807) is 40.2 Å². The molecule has 31 heavy (non-hydrogen) atoms. The van der Waals surface area contributed by atoms with Crippen LogP contribution in [-0.4, -0.2) is 64.4 Å². The van der Waals surface area contributed by atoms with Crippen LogP contribution in [-0.2, 0) is 21.4 Å². The second kappa shape index (κ2) is 11.1. The first-order valence-electron chi connectivity index (χ1n) is 10.0. The van der Waals surface area contributed by atoms with Crippen LogP contribution < -0.4 is 14.8 Å². The van der Waals surface area contributed by atoms with E-state index in [-0.39, 0.29) is 17.3 Å². The molecule has 9 heteroatoms. The molecule has 0 unspecified atom stereocenters. The standard InChI is InChI=1S/C22H31N3O5S/c1-6-25(7-2)31(27,28)19-10-8-9-18(14-19)23-22(26)16-24(3)15-17-11-12-20(29-4)21(13-17)30-5/h8-14H,6-7,15-16H2,1-5H3,(H,23,26). The van der Waals surface area contributed by atoms with E-state index in [1.807, 2.05) is 30.1 Å². The predicted octanol–water partition coefficient (Wildman–Crippen LogP) is 2.80. The van der Waals surface area contributed by atoms with Crippen LogP contribution in [0, 0.1) is 0 Å². The van der Waals surface area contributed by atoms with Gasteiger partial charge in [0.05, 0.1) is 25.7 Å². The zero-order valence-electron chi connectivity index (χ0n) is 18.7. The molecular formula is C22H31N3O5S. The molecule has 0 saturated carbocycles. The summed E-state index contributed by atoms with van der Waals surface area (Å²) in [7, 11) is 1.40. The summed E-state index contributed by atoms with van der Waals surface area (Å²) in [6.07, 6.45) is 0. The van der Waals surface area contributed by atoms with Gasteiger partial charge >= 0.3 is 0 Å². The van der Waals surface area contributed by atoms with Gasteiger partial charge in [0.2, 0.25) is 15.9 Å². The Labute approximate surface area is 184 Å². The zero-order valence-corrected chi connectivity index (χ0v) is 19.5. The highest BCUT2D eigenvalue weighted by Gasteiger charge is 2.22. The van der Waals surface area contributed by atoms with Crippen LogP contribution >= 0.6 is 0 Å². The van der Waals surface area contributed by atoms with Crippen LogP contribution in [0.25, 0.3) is 0 Å². The lowest BCUT2D eigenvalue weighted by atomic mass is 10.2. The van der Waals surface area contributed by atoms with E-state index in [4.69, 9.17) is 9.47 Å². The van der Waals surface area contributed by atoms with Gasteiger partial charge in [-0.25, -0.2) is 8.42 Å². The van der Waals surface area contributed by atoms with Gasteiger partial charge in [0.25, 0.3) is 0 Å². The van der Waals surface area contributed by atoms with Gasteiger partial charge in [0, 0.05) is 25.3 Å². The summed E-state index contributed by atoms with van der Waals surface area (Å²) in [5.74, 6) is 1.04. The van der Waals surface area contributed by atoms with Crippen LogP contribution in [0.5, 0.6) is 11.5 Å². The Balaban J connectivity index is 2.03. The number of ether oxygens (including phenoxy) is 2. The Hall–Kier alpha value is -2.62. The van der Waals surface area contributed by atoms with Gasteiger partial charge < -0.3 is 14.8 Å². The van der Waals surface area contributed by atoms with E-state index in [0.29, 0.717) is 36.8 Å². The minimum atomic E-state index is -3.59. The molecule has 0 atom stereocenters. The molecular weight excluding hydrogens is 418 g/mol. The van der Waals surface area contributed by atoms with Gasteiger partial charge in [0.1, 0.15) is 0 Å². The minimum absolute atomic E-state index is 0.140. The van der Waals surface area contributed by atoms with Crippen LogP contribution in [0.1, 0.15) is 19.4 Å². The second-order valence-electron chi connectivity index (χ2n) is 7.03. The van der Waals surface area contributed by atoms with Gasteiger partial charge in [0.15, 0.2) is 11.5 Å². The smallest absolute Gasteiger partial charge is 0.243 e. The highest BCUT2D eigenvalue weighted by atomic mass is 32.2. The number of likely N-dealkylation sites (N-methyl/N-ethyl adjacent to an activating group) is 1. The predicted molar refractivity (Wildman–Crippen MR) is 121 cm³/mol. The van der Waals surface area contributed by atoms with Crippen molar-refractivity contribution in [2.75, 3.05) is 46.2 Å². The third-order valence-corrected chi connectivity index (χ3v) is 6.82. The number of hydrogen-bond acceptors (Lipinski definition) is 6. The number of anilines is 1. The molecule has 0 aliphatic carbocycles. The van der Waals surface area contributed by atoms with Crippen molar-refractivity contribution in [1.82, 2.24) is 9.21 Å². The number of rotatable bonds is 11. The van der Waals surface area contributed by atoms with Crippen molar-refractivity contribution >= 4 is 21.6 Å². The topological polar surface area (TPSA) is 88.2 Å². The molecule has 0 aromatic heterocycles. The molecule has 2 aromatic rings. The van der Waals surface area contributed by atoms with Crippen molar-refractivity contribution in [2.45, 2.75) is 25.3 Å². The molecule has 1 amide bonds. The van der Waals surface area contributed by atoms with Crippen LogP contribution in [0.15, 0.2) is 47.4 Å². The maximum atomic E-state index is 12.7. The summed E-state index contributed by atoms with van der Waals surface area (Å²) in [4.78, 5) is 14.5. The van der Waals surface area contributed by atoms with E-state index in [0.717, 1.165) is 5.56 Å². The Morgan fingerprint density at radius 1 is 1.00 bits per heavy atom. The molecule has 0 saturated heterocycles. The first kappa shape index (κ1) is 24.6. The largest absolute Gasteiger partial charge is 0.493 e. The summed E-state index contributed by atoms with van der Waals surface area (Å²) in [6.45, 7) is 5.03. The van der Waals surface area contributed by atoms with Gasteiger partial charge in [-0.1, -0.05) is 26.0 Å². The fourth-order valence-electron chi connectivity index (χ4n) is 3.24. The van der Waals surface area contributed by atoms with Crippen molar-refractivity contribution in [2.24, 2.45) is 0 Å². The lowest BCUT2D eigenvalue weighted by Gasteiger charge is -2.19. The monoisotopic (exact) mass is 449 g/mol. The van der Waals surface area contributed by atoms with Gasteiger partial charge in [-0.3, -0.25) is 9.69 Å². The Kier molecular flexibility index (Phi) is 8.85. The molecule has 0 aliphatic heterocycles. The summed E-state index contributed by atoms with van der Waals surface area (Å²) in [6, 6.07) is 11.9. The Morgan fingerprint density at radius 3 is 2.29 bits per heavy atom. The maximum Gasteiger partial charge on any atom is 0.243 e. The van der Waals surface area contributed by atoms with E-state index in [9.17, 15) is 13.2 Å². The first-order valence-corrected chi connectivity index (χ1v) is 11.5. The molecule has 2 aromatic carbocycles. The average molecular weight is 450 g/mol. The van der Waals surface area contributed by atoms with Crippen molar-refractivity contribution in [3.05, 3.63) is 48.0 Å². The molecule has 1 N–H and O–H groups in total. The van der Waals surface area contributed by atoms with Crippen molar-refractivity contribution in [1.29, 1.82) is 0 Å². The van der Waals surface area contributed by atoms with E-state index < -0.39 is 10.0 Å². The normalized spacial score (nSPS) is 11.6. The molecule has 170 valence electrons. The second-order valence-corrected chi connectivity index (χ2v) is 8.96. The third-order valence-electron chi connectivity index (χ3n) is 4.77. The summed E-state index contributed by atoms with van der Waals surface area (Å²) >= 11 is 0. The average Bonchev–Trinajstić information content (AvgIpc) is 2.74. The third kappa shape index (κ3) is 6.43. The number of carbonyl (C=O) groups is 1. The number of hydrogen-bond donors (Lipinski definition) is 1. The fourth-order valence-corrected chi connectivity index (χ4v) is 4.74. The van der Waals surface area contributed by atoms with Crippen molar-refractivity contribution < 1.29 is 22.7 Å². The minimum Gasteiger partial charge on any atom is -0.493 e. The highest BCUT2D eigenvalue weighted by molar-refractivity contribution is 7.89. The number of sulfonamides is 1. The maximum absolute atomic E-state index is 12.7. The number of nitrogens with zero attached hydrogens (tertiary/aromatic N) is 2. The van der Waals surface area contributed by atoms with E-state index in [2.05, 4.69) is 5.32 Å². The van der Waals surface area contributed by atoms with Crippen LogP contribution in [0.2, 0.25) is 0 Å². The Morgan fingerprint density at radius 2 is 1.68 bits per heavy atom. The number of benzene rings is 2. The molecule has 0 spiro atoms. The number of methoxy groups -OCH3 is 2.